The molecule has 1 aromatic rings. The van der Waals surface area contributed by atoms with E-state index in [1.807, 2.05) is 11.8 Å². The predicted molar refractivity (Wildman–Crippen MR) is 82.1 cm³/mol. The average molecular weight is 288 g/mol. The van der Waals surface area contributed by atoms with Gasteiger partial charge in [0.2, 0.25) is 5.91 Å². The highest BCUT2D eigenvalue weighted by molar-refractivity contribution is 5.81. The molecule has 1 aromatic carbocycles. The Balaban J connectivity index is 1.47. The number of amides is 1. The van der Waals surface area contributed by atoms with Gasteiger partial charge in [-0.25, -0.2) is 0 Å². The molecule has 0 spiro atoms. The van der Waals surface area contributed by atoms with E-state index in [0.29, 0.717) is 26.3 Å². The predicted octanol–water partition coefficient (Wildman–Crippen LogP) is 1.90. The number of carbonyl (C=O) groups is 1. The zero-order valence-electron chi connectivity index (χ0n) is 12.7. The lowest BCUT2D eigenvalue weighted by Crippen LogP contribution is -2.49. The zero-order valence-corrected chi connectivity index (χ0v) is 12.7. The summed E-state index contributed by atoms with van der Waals surface area (Å²) in [4.78, 5) is 14.2. The van der Waals surface area contributed by atoms with Crippen molar-refractivity contribution in [1.29, 1.82) is 0 Å². The van der Waals surface area contributed by atoms with Gasteiger partial charge in [-0.1, -0.05) is 24.3 Å². The van der Waals surface area contributed by atoms with Gasteiger partial charge in [0, 0.05) is 19.6 Å². The van der Waals surface area contributed by atoms with Crippen molar-refractivity contribution in [1.82, 2.24) is 10.2 Å². The Morgan fingerprint density at radius 2 is 1.95 bits per heavy atom. The van der Waals surface area contributed by atoms with Crippen LogP contribution in [0.2, 0.25) is 0 Å². The highest BCUT2D eigenvalue weighted by Gasteiger charge is 2.23. The summed E-state index contributed by atoms with van der Waals surface area (Å²) in [6.07, 6.45) is 2.67. The van der Waals surface area contributed by atoms with Gasteiger partial charge in [-0.05, 0) is 36.8 Å². The van der Waals surface area contributed by atoms with Crippen molar-refractivity contribution in [3.8, 4) is 0 Å². The van der Waals surface area contributed by atoms with E-state index in [0.717, 1.165) is 12.5 Å². The van der Waals surface area contributed by atoms with Crippen molar-refractivity contribution in [2.45, 2.75) is 38.3 Å². The molecular weight excluding hydrogens is 264 g/mol. The third-order valence-corrected chi connectivity index (χ3v) is 4.33. The van der Waals surface area contributed by atoms with Crippen molar-refractivity contribution < 1.29 is 9.53 Å². The van der Waals surface area contributed by atoms with Crippen LogP contribution in [0.3, 0.4) is 0 Å². The van der Waals surface area contributed by atoms with Crippen LogP contribution in [0.15, 0.2) is 24.3 Å². The second-order valence-corrected chi connectivity index (χ2v) is 6.06. The smallest absolute Gasteiger partial charge is 0.239 e. The molecule has 3 rings (SSSR count). The molecule has 21 heavy (non-hydrogen) atoms. The number of benzene rings is 1. The van der Waals surface area contributed by atoms with Crippen LogP contribution in [0.4, 0.5) is 0 Å². The first-order valence-corrected chi connectivity index (χ1v) is 7.93. The number of nitrogens with zero attached hydrogens (tertiary/aromatic N) is 1. The summed E-state index contributed by atoms with van der Waals surface area (Å²) in [5, 5.41) is 3.33. The van der Waals surface area contributed by atoms with Crippen molar-refractivity contribution in [2.24, 2.45) is 0 Å². The van der Waals surface area contributed by atoms with Crippen molar-refractivity contribution in [3.05, 3.63) is 35.4 Å². The number of hydrogen-bond donors (Lipinski definition) is 1. The van der Waals surface area contributed by atoms with Crippen LogP contribution in [-0.4, -0.2) is 43.2 Å². The Morgan fingerprint density at radius 1 is 1.29 bits per heavy atom. The number of morpholine rings is 1. The van der Waals surface area contributed by atoms with Gasteiger partial charge in [0.05, 0.1) is 19.3 Å². The van der Waals surface area contributed by atoms with E-state index in [1.54, 1.807) is 0 Å². The third-order valence-electron chi connectivity index (χ3n) is 4.33. The largest absolute Gasteiger partial charge is 0.378 e. The summed E-state index contributed by atoms with van der Waals surface area (Å²) in [6, 6.07) is 8.65. The first kappa shape index (κ1) is 14.5. The molecule has 0 radical (unpaired) electrons. The summed E-state index contributed by atoms with van der Waals surface area (Å²) in [7, 11) is 0. The highest BCUT2D eigenvalue weighted by atomic mass is 16.5. The Hall–Kier alpha value is -1.39. The summed E-state index contributed by atoms with van der Waals surface area (Å²) < 4.78 is 5.28. The van der Waals surface area contributed by atoms with Crippen molar-refractivity contribution in [2.75, 3.05) is 26.3 Å². The first-order chi connectivity index (χ1) is 10.2. The van der Waals surface area contributed by atoms with Crippen LogP contribution in [0, 0.1) is 0 Å². The molecule has 114 valence electrons. The molecule has 1 heterocycles. The Kier molecular flexibility index (Phi) is 4.56. The molecule has 2 fully saturated rings. The molecule has 1 aliphatic heterocycles. The molecule has 1 saturated heterocycles. The minimum Gasteiger partial charge on any atom is -0.378 e. The molecule has 1 N–H and O–H groups in total. The van der Waals surface area contributed by atoms with E-state index in [1.165, 1.54) is 24.0 Å². The molecule has 1 atom stereocenters. The maximum absolute atomic E-state index is 12.3. The number of carbonyl (C=O) groups excluding carboxylic acids is 1. The standard InChI is InChI=1S/C17H24N2O2/c1-13(17(20)19-8-10-21-11-9-19)18-12-14-2-4-15(5-3-14)16-6-7-16/h2-5,13,16,18H,6-12H2,1H3. The monoisotopic (exact) mass is 288 g/mol. The zero-order chi connectivity index (χ0) is 14.7. The molecule has 1 aliphatic carbocycles. The minimum atomic E-state index is -0.147. The van der Waals surface area contributed by atoms with E-state index in [4.69, 9.17) is 4.74 Å². The number of ether oxygens (including phenoxy) is 1. The highest BCUT2D eigenvalue weighted by Crippen LogP contribution is 2.39. The molecule has 4 nitrogen and oxygen atoms in total. The summed E-state index contributed by atoms with van der Waals surface area (Å²) >= 11 is 0. The maximum atomic E-state index is 12.3. The fourth-order valence-corrected chi connectivity index (χ4v) is 2.74. The van der Waals surface area contributed by atoms with E-state index in [9.17, 15) is 4.79 Å². The Labute approximate surface area is 126 Å². The normalized spacial score (nSPS) is 20.3. The molecule has 4 heteroatoms. The Bertz CT molecular complexity index is 476. The van der Waals surface area contributed by atoms with E-state index >= 15 is 0 Å². The summed E-state index contributed by atoms with van der Waals surface area (Å²) in [5.74, 6) is 0.974. The number of hydrogen-bond acceptors (Lipinski definition) is 3. The van der Waals surface area contributed by atoms with E-state index < -0.39 is 0 Å². The summed E-state index contributed by atoms with van der Waals surface area (Å²) in [5.41, 5.74) is 2.69. The second-order valence-electron chi connectivity index (χ2n) is 6.06. The maximum Gasteiger partial charge on any atom is 0.239 e. The van der Waals surface area contributed by atoms with Gasteiger partial charge >= 0.3 is 0 Å². The van der Waals surface area contributed by atoms with Gasteiger partial charge in [-0.2, -0.15) is 0 Å². The second kappa shape index (κ2) is 6.58. The van der Waals surface area contributed by atoms with Crippen LogP contribution >= 0.6 is 0 Å². The molecule has 0 bridgehead atoms. The lowest BCUT2D eigenvalue weighted by Gasteiger charge is -2.29. The van der Waals surface area contributed by atoms with Crippen LogP contribution in [0.25, 0.3) is 0 Å². The average Bonchev–Trinajstić information content (AvgIpc) is 3.38. The number of rotatable bonds is 5. The fourth-order valence-electron chi connectivity index (χ4n) is 2.74. The lowest BCUT2D eigenvalue weighted by molar-refractivity contribution is -0.137. The molecule has 0 aromatic heterocycles. The van der Waals surface area contributed by atoms with Crippen molar-refractivity contribution >= 4 is 5.91 Å². The fraction of sp³-hybridized carbons (Fsp3) is 0.588. The molecule has 1 unspecified atom stereocenters. The SMILES string of the molecule is CC(NCc1ccc(C2CC2)cc1)C(=O)N1CCOCC1. The molecular formula is C17H24N2O2. The van der Waals surface area contributed by atoms with Gasteiger partial charge in [-0.3, -0.25) is 4.79 Å². The third kappa shape index (κ3) is 3.83. The quantitative estimate of drug-likeness (QED) is 0.900. The molecule has 1 saturated carbocycles. The lowest BCUT2D eigenvalue weighted by atomic mass is 10.1. The first-order valence-electron chi connectivity index (χ1n) is 7.93. The van der Waals surface area contributed by atoms with Gasteiger partial charge in [0.25, 0.3) is 0 Å². The summed E-state index contributed by atoms with van der Waals surface area (Å²) in [6.45, 7) is 5.41. The van der Waals surface area contributed by atoms with E-state index in [-0.39, 0.29) is 11.9 Å². The number of nitrogens with one attached hydrogen (secondary N) is 1. The molecule has 1 amide bonds. The van der Waals surface area contributed by atoms with Crippen LogP contribution in [-0.2, 0) is 16.1 Å². The molecule has 2 aliphatic rings. The van der Waals surface area contributed by atoms with Gasteiger partial charge in [0.1, 0.15) is 0 Å². The minimum absolute atomic E-state index is 0.147. The van der Waals surface area contributed by atoms with Gasteiger partial charge < -0.3 is 15.0 Å². The van der Waals surface area contributed by atoms with Crippen LogP contribution in [0.5, 0.6) is 0 Å². The topological polar surface area (TPSA) is 41.6 Å². The van der Waals surface area contributed by atoms with Crippen molar-refractivity contribution in [3.63, 3.8) is 0 Å². The van der Waals surface area contributed by atoms with E-state index in [2.05, 4.69) is 29.6 Å². The Morgan fingerprint density at radius 3 is 2.57 bits per heavy atom. The van der Waals surface area contributed by atoms with Crippen LogP contribution < -0.4 is 5.32 Å². The van der Waals surface area contributed by atoms with Gasteiger partial charge in [-0.15, -0.1) is 0 Å². The van der Waals surface area contributed by atoms with Crippen LogP contribution in [0.1, 0.15) is 36.8 Å². The van der Waals surface area contributed by atoms with Gasteiger partial charge in [0.15, 0.2) is 0 Å².